The van der Waals surface area contributed by atoms with E-state index in [9.17, 15) is 0 Å². The molecule has 4 atom stereocenters. The molecule has 2 bridgehead atoms. The van der Waals surface area contributed by atoms with Crippen molar-refractivity contribution >= 4 is 22.6 Å². The molecule has 0 aromatic heterocycles. The normalized spacial score (nSPS) is 47.4. The standard InChI is InChI=1S/C13H15IO2/c14-10-6-11-8-1-2-9(5-8)12(11)13(7-10)15-3-4-16-13/h1-2,7-9,11-12H,3-6H2/t8-,9+,11-,12+/m1/s1. The minimum absolute atomic E-state index is 0.371. The number of ether oxygens (including phenoxy) is 2. The van der Waals surface area contributed by atoms with E-state index in [0.29, 0.717) is 11.8 Å². The van der Waals surface area contributed by atoms with Gasteiger partial charge in [-0.3, -0.25) is 0 Å². The quantitative estimate of drug-likeness (QED) is 0.502. The van der Waals surface area contributed by atoms with E-state index in [4.69, 9.17) is 9.47 Å². The number of hydrogen-bond donors (Lipinski definition) is 0. The first-order chi connectivity index (χ1) is 7.78. The van der Waals surface area contributed by atoms with Gasteiger partial charge in [-0.15, -0.1) is 0 Å². The van der Waals surface area contributed by atoms with Crippen LogP contribution in [0.4, 0.5) is 0 Å². The highest BCUT2D eigenvalue weighted by Crippen LogP contribution is 2.59. The van der Waals surface area contributed by atoms with Crippen LogP contribution in [0.3, 0.4) is 0 Å². The van der Waals surface area contributed by atoms with Crippen LogP contribution in [0.5, 0.6) is 0 Å². The van der Waals surface area contributed by atoms with Gasteiger partial charge in [-0.05, 0) is 62.8 Å². The zero-order valence-electron chi connectivity index (χ0n) is 9.06. The number of fused-ring (bicyclic) bond motifs is 6. The molecule has 16 heavy (non-hydrogen) atoms. The summed E-state index contributed by atoms with van der Waals surface area (Å²) in [5, 5.41) is 0. The molecule has 4 rings (SSSR count). The van der Waals surface area contributed by atoms with Crippen LogP contribution in [0, 0.1) is 23.7 Å². The highest BCUT2D eigenvalue weighted by molar-refractivity contribution is 14.1. The van der Waals surface area contributed by atoms with E-state index in [2.05, 4.69) is 40.8 Å². The summed E-state index contributed by atoms with van der Waals surface area (Å²) in [6.45, 7) is 1.51. The smallest absolute Gasteiger partial charge is 0.192 e. The van der Waals surface area contributed by atoms with Gasteiger partial charge in [0.05, 0.1) is 13.2 Å². The lowest BCUT2D eigenvalue weighted by molar-refractivity contribution is -0.178. The first-order valence-corrected chi connectivity index (χ1v) is 7.20. The number of allylic oxidation sites excluding steroid dienone is 3. The van der Waals surface area contributed by atoms with Gasteiger partial charge < -0.3 is 9.47 Å². The van der Waals surface area contributed by atoms with Crippen LogP contribution in [0.1, 0.15) is 12.8 Å². The molecule has 0 aromatic carbocycles. The Kier molecular flexibility index (Phi) is 2.10. The van der Waals surface area contributed by atoms with Gasteiger partial charge in [0.1, 0.15) is 0 Å². The maximum atomic E-state index is 5.98. The van der Waals surface area contributed by atoms with Crippen molar-refractivity contribution < 1.29 is 9.47 Å². The molecule has 1 saturated heterocycles. The highest BCUT2D eigenvalue weighted by Gasteiger charge is 2.58. The summed E-state index contributed by atoms with van der Waals surface area (Å²) in [5.41, 5.74) is 0. The van der Waals surface area contributed by atoms with Crippen LogP contribution in [0.15, 0.2) is 21.8 Å². The van der Waals surface area contributed by atoms with E-state index < -0.39 is 0 Å². The van der Waals surface area contributed by atoms with Crippen molar-refractivity contribution in [2.75, 3.05) is 13.2 Å². The Morgan fingerprint density at radius 3 is 2.75 bits per heavy atom. The van der Waals surface area contributed by atoms with E-state index in [-0.39, 0.29) is 5.79 Å². The van der Waals surface area contributed by atoms with E-state index in [1.54, 1.807) is 0 Å². The summed E-state index contributed by atoms with van der Waals surface area (Å²) in [4.78, 5) is 0. The third-order valence-electron chi connectivity index (χ3n) is 4.61. The second-order valence-corrected chi connectivity index (χ2v) is 6.74. The fourth-order valence-electron chi connectivity index (χ4n) is 4.12. The molecule has 86 valence electrons. The molecule has 0 aromatic rings. The lowest BCUT2D eigenvalue weighted by Gasteiger charge is -2.42. The molecule has 0 amide bonds. The molecule has 1 aliphatic heterocycles. The van der Waals surface area contributed by atoms with Crippen molar-refractivity contribution in [2.45, 2.75) is 18.6 Å². The van der Waals surface area contributed by atoms with Crippen LogP contribution in [-0.2, 0) is 9.47 Å². The average Bonchev–Trinajstić information content (AvgIpc) is 2.92. The summed E-state index contributed by atoms with van der Waals surface area (Å²) in [6, 6.07) is 0. The molecule has 1 saturated carbocycles. The molecule has 1 heterocycles. The Bertz CT molecular complexity index is 381. The Balaban J connectivity index is 1.80. The van der Waals surface area contributed by atoms with Crippen LogP contribution in [-0.4, -0.2) is 19.0 Å². The molecule has 2 fully saturated rings. The Hall–Kier alpha value is 0.130. The predicted octanol–water partition coefficient (Wildman–Crippen LogP) is 2.89. The first-order valence-electron chi connectivity index (χ1n) is 6.12. The number of rotatable bonds is 0. The molecule has 0 radical (unpaired) electrons. The van der Waals surface area contributed by atoms with E-state index >= 15 is 0 Å². The zero-order chi connectivity index (χ0) is 10.8. The van der Waals surface area contributed by atoms with Crippen molar-refractivity contribution in [3.05, 3.63) is 21.8 Å². The van der Waals surface area contributed by atoms with Gasteiger partial charge in [0.2, 0.25) is 0 Å². The number of hydrogen-bond acceptors (Lipinski definition) is 2. The van der Waals surface area contributed by atoms with Crippen LogP contribution in [0.25, 0.3) is 0 Å². The molecule has 3 heteroatoms. The third kappa shape index (κ3) is 1.20. The third-order valence-corrected chi connectivity index (χ3v) is 5.37. The van der Waals surface area contributed by atoms with Crippen molar-refractivity contribution in [1.82, 2.24) is 0 Å². The minimum Gasteiger partial charge on any atom is -0.344 e. The van der Waals surface area contributed by atoms with Gasteiger partial charge in [0.25, 0.3) is 0 Å². The van der Waals surface area contributed by atoms with Crippen LogP contribution in [0.2, 0.25) is 0 Å². The molecule has 1 spiro atoms. The molecular formula is C13H15IO2. The van der Waals surface area contributed by atoms with Crippen molar-refractivity contribution in [3.8, 4) is 0 Å². The van der Waals surface area contributed by atoms with E-state index in [1.807, 2.05) is 0 Å². The Labute approximate surface area is 109 Å². The fourth-order valence-corrected chi connectivity index (χ4v) is 5.06. The lowest BCUT2D eigenvalue weighted by atomic mass is 9.73. The molecule has 0 unspecified atom stereocenters. The van der Waals surface area contributed by atoms with E-state index in [0.717, 1.165) is 25.0 Å². The monoisotopic (exact) mass is 330 g/mol. The zero-order valence-corrected chi connectivity index (χ0v) is 11.2. The average molecular weight is 330 g/mol. The largest absolute Gasteiger partial charge is 0.344 e. The second-order valence-electron chi connectivity index (χ2n) is 5.35. The van der Waals surface area contributed by atoms with Crippen molar-refractivity contribution in [3.63, 3.8) is 0 Å². The first kappa shape index (κ1) is 10.1. The summed E-state index contributed by atoms with van der Waals surface area (Å²) in [5.74, 6) is 2.42. The van der Waals surface area contributed by atoms with Gasteiger partial charge in [0, 0.05) is 5.92 Å². The SMILES string of the molecule is IC1=CC2(OCCO2)[C@@H]2[C@H](C1)[C@@H]1C=C[C@H]2C1. The lowest BCUT2D eigenvalue weighted by Crippen LogP contribution is -2.46. The Morgan fingerprint density at radius 1 is 1.19 bits per heavy atom. The molecule has 4 aliphatic rings. The summed E-state index contributed by atoms with van der Waals surface area (Å²) < 4.78 is 13.4. The van der Waals surface area contributed by atoms with Gasteiger partial charge >= 0.3 is 0 Å². The summed E-state index contributed by atoms with van der Waals surface area (Å²) in [7, 11) is 0. The summed E-state index contributed by atoms with van der Waals surface area (Å²) >= 11 is 2.45. The van der Waals surface area contributed by atoms with Gasteiger partial charge in [-0.1, -0.05) is 12.2 Å². The van der Waals surface area contributed by atoms with Crippen LogP contribution < -0.4 is 0 Å². The van der Waals surface area contributed by atoms with Crippen molar-refractivity contribution in [2.24, 2.45) is 23.7 Å². The predicted molar refractivity (Wildman–Crippen MR) is 69.1 cm³/mol. The van der Waals surface area contributed by atoms with Gasteiger partial charge in [-0.25, -0.2) is 0 Å². The van der Waals surface area contributed by atoms with Gasteiger partial charge in [-0.2, -0.15) is 0 Å². The topological polar surface area (TPSA) is 18.5 Å². The molecule has 3 aliphatic carbocycles. The van der Waals surface area contributed by atoms with Crippen LogP contribution >= 0.6 is 22.6 Å². The maximum Gasteiger partial charge on any atom is 0.192 e. The molecule has 2 nitrogen and oxygen atoms in total. The number of halogens is 1. The van der Waals surface area contributed by atoms with Gasteiger partial charge in [0.15, 0.2) is 5.79 Å². The summed E-state index contributed by atoms with van der Waals surface area (Å²) in [6.07, 6.45) is 9.61. The second kappa shape index (κ2) is 3.33. The minimum atomic E-state index is -0.371. The molecule has 0 N–H and O–H groups in total. The fraction of sp³-hybridized carbons (Fsp3) is 0.692. The highest BCUT2D eigenvalue weighted by atomic mass is 127. The van der Waals surface area contributed by atoms with Crippen molar-refractivity contribution in [1.29, 1.82) is 0 Å². The molecular weight excluding hydrogens is 315 g/mol. The van der Waals surface area contributed by atoms with E-state index in [1.165, 1.54) is 16.4 Å². The Morgan fingerprint density at radius 2 is 1.94 bits per heavy atom. The maximum absolute atomic E-state index is 5.98.